The number of carbonyl (C=O) groups is 3. The Balaban J connectivity index is 0.000000317. The third kappa shape index (κ3) is 7.81. The number of nitrogens with one attached hydrogen (secondary N) is 1. The zero-order chi connectivity index (χ0) is 29.8. The summed E-state index contributed by atoms with van der Waals surface area (Å²) in [5.41, 5.74) is -2.65. The molecule has 0 radical (unpaired) electrons. The van der Waals surface area contributed by atoms with Crippen molar-refractivity contribution < 1.29 is 64.1 Å². The molecule has 2 aromatic rings. The minimum atomic E-state index is -5.08. The number of carbonyl (C=O) groups excluding carboxylic acids is 1. The van der Waals surface area contributed by atoms with E-state index in [4.69, 9.17) is 19.8 Å². The maximum atomic E-state index is 14.7. The number of hydrogen-bond donors (Lipinski definition) is 3. The molecular weight excluding hydrogens is 557 g/mol. The van der Waals surface area contributed by atoms with Gasteiger partial charge in [0.1, 0.15) is 5.82 Å². The molecule has 3 heterocycles. The summed E-state index contributed by atoms with van der Waals surface area (Å²) in [5, 5.41) is 16.5. The van der Waals surface area contributed by atoms with E-state index in [1.807, 2.05) is 0 Å². The Kier molecular flexibility index (Phi) is 9.21. The van der Waals surface area contributed by atoms with Crippen LogP contribution in [0.1, 0.15) is 5.69 Å². The van der Waals surface area contributed by atoms with E-state index in [-0.39, 0.29) is 32.0 Å². The number of pyridine rings is 1. The molecule has 0 aliphatic carbocycles. The number of rotatable bonds is 3. The van der Waals surface area contributed by atoms with Crippen LogP contribution in [0.2, 0.25) is 0 Å². The first-order valence-electron chi connectivity index (χ1n) is 10.5. The average Bonchev–Trinajstić information content (AvgIpc) is 3.19. The smallest absolute Gasteiger partial charge is 0.475 e. The fourth-order valence-corrected chi connectivity index (χ4v) is 3.51. The molecular formula is C22H18F9N3O5. The lowest BCUT2D eigenvalue weighted by Gasteiger charge is -2.19. The van der Waals surface area contributed by atoms with Gasteiger partial charge in [0.25, 0.3) is 5.91 Å². The van der Waals surface area contributed by atoms with E-state index in [1.165, 1.54) is 12.1 Å². The Morgan fingerprint density at radius 1 is 0.923 bits per heavy atom. The van der Waals surface area contributed by atoms with Gasteiger partial charge in [0.15, 0.2) is 5.67 Å². The van der Waals surface area contributed by atoms with Crippen LogP contribution in [0, 0.1) is 5.82 Å². The highest BCUT2D eigenvalue weighted by Crippen LogP contribution is 2.42. The van der Waals surface area contributed by atoms with Crippen molar-refractivity contribution in [1.82, 2.24) is 15.2 Å². The minimum absolute atomic E-state index is 0.162. The van der Waals surface area contributed by atoms with Gasteiger partial charge in [-0.2, -0.15) is 26.3 Å². The molecule has 0 bridgehead atoms. The van der Waals surface area contributed by atoms with Crippen molar-refractivity contribution in [3.8, 4) is 11.3 Å². The molecule has 2 saturated heterocycles. The SMILES string of the molecule is O=C(O)C(F)(F)F.O=C(O)C(F)(F)F.O=C1NC[C@@]2(F)CN(Cc3cccc(-c4ccc(F)cc4)n3)C[C@@]12F. The summed E-state index contributed by atoms with van der Waals surface area (Å²) in [7, 11) is 0. The summed E-state index contributed by atoms with van der Waals surface area (Å²) >= 11 is 0. The zero-order valence-electron chi connectivity index (χ0n) is 19.3. The Labute approximate surface area is 213 Å². The third-order valence-corrected chi connectivity index (χ3v) is 5.33. The predicted molar refractivity (Wildman–Crippen MR) is 113 cm³/mol. The van der Waals surface area contributed by atoms with Gasteiger partial charge in [-0.15, -0.1) is 0 Å². The van der Waals surface area contributed by atoms with Crippen molar-refractivity contribution in [1.29, 1.82) is 0 Å². The van der Waals surface area contributed by atoms with Crippen molar-refractivity contribution in [3.05, 3.63) is 54.0 Å². The van der Waals surface area contributed by atoms with Gasteiger partial charge in [-0.1, -0.05) is 6.07 Å². The first-order valence-corrected chi connectivity index (χ1v) is 10.5. The van der Waals surface area contributed by atoms with Crippen molar-refractivity contribution in [2.24, 2.45) is 0 Å². The molecule has 3 N–H and O–H groups in total. The van der Waals surface area contributed by atoms with E-state index in [1.54, 1.807) is 35.2 Å². The van der Waals surface area contributed by atoms with Gasteiger partial charge < -0.3 is 15.5 Å². The van der Waals surface area contributed by atoms with Crippen LogP contribution in [0.15, 0.2) is 42.5 Å². The molecule has 0 unspecified atom stereocenters. The molecule has 2 atom stereocenters. The minimum Gasteiger partial charge on any atom is -0.475 e. The maximum absolute atomic E-state index is 14.7. The lowest BCUT2D eigenvalue weighted by Crippen LogP contribution is -2.47. The number of halogens is 9. The highest BCUT2D eigenvalue weighted by Gasteiger charge is 2.68. The normalized spacial score (nSPS) is 22.5. The number of carboxylic acid groups (broad SMARTS) is 2. The Hall–Kier alpha value is -3.89. The zero-order valence-corrected chi connectivity index (χ0v) is 19.3. The maximum Gasteiger partial charge on any atom is 0.490 e. The molecule has 214 valence electrons. The number of likely N-dealkylation sites (tertiary alicyclic amines) is 1. The summed E-state index contributed by atoms with van der Waals surface area (Å²) < 4.78 is 106. The van der Waals surface area contributed by atoms with Gasteiger partial charge in [0.05, 0.1) is 17.9 Å². The van der Waals surface area contributed by atoms with E-state index in [9.17, 15) is 44.3 Å². The first-order chi connectivity index (χ1) is 17.8. The molecule has 1 aromatic carbocycles. The van der Waals surface area contributed by atoms with Crippen LogP contribution in [0.4, 0.5) is 39.5 Å². The molecule has 2 fully saturated rings. The Morgan fingerprint density at radius 2 is 1.44 bits per heavy atom. The number of nitrogens with zero attached hydrogens (tertiary/aromatic N) is 2. The summed E-state index contributed by atoms with van der Waals surface area (Å²) in [4.78, 5) is 35.5. The van der Waals surface area contributed by atoms with Crippen LogP contribution < -0.4 is 5.32 Å². The van der Waals surface area contributed by atoms with Crippen LogP contribution >= 0.6 is 0 Å². The molecule has 8 nitrogen and oxygen atoms in total. The monoisotopic (exact) mass is 575 g/mol. The Morgan fingerprint density at radius 3 is 1.90 bits per heavy atom. The van der Waals surface area contributed by atoms with E-state index in [2.05, 4.69) is 10.3 Å². The second-order valence-corrected chi connectivity index (χ2v) is 8.22. The van der Waals surface area contributed by atoms with Crippen molar-refractivity contribution >= 4 is 17.8 Å². The fraction of sp³-hybridized carbons (Fsp3) is 0.364. The third-order valence-electron chi connectivity index (χ3n) is 5.33. The van der Waals surface area contributed by atoms with Gasteiger partial charge in [-0.25, -0.2) is 22.8 Å². The summed E-state index contributed by atoms with van der Waals surface area (Å²) in [6, 6.07) is 11.3. The molecule has 17 heteroatoms. The molecule has 4 rings (SSSR count). The summed E-state index contributed by atoms with van der Waals surface area (Å²) in [5.74, 6) is -6.73. The lowest BCUT2D eigenvalue weighted by atomic mass is 9.93. The largest absolute Gasteiger partial charge is 0.490 e. The van der Waals surface area contributed by atoms with Crippen LogP contribution in [0.5, 0.6) is 0 Å². The standard InChI is InChI=1S/C18H16F3N3O.2C2HF3O2/c19-13-6-4-12(5-7-13)15-3-1-2-14(23-15)8-24-10-17(20)9-22-16(25)18(17,21)11-24;2*3-2(4,5)1(6)7/h1-7H,8-11H2,(H,22,25);2*(H,6,7)/t17-,18-;;/m1../s1. The molecule has 2 aliphatic rings. The van der Waals surface area contributed by atoms with Gasteiger partial charge in [-0.05, 0) is 36.4 Å². The second kappa shape index (κ2) is 11.5. The highest BCUT2D eigenvalue weighted by atomic mass is 19.4. The number of aromatic nitrogens is 1. The van der Waals surface area contributed by atoms with Crippen LogP contribution in [0.3, 0.4) is 0 Å². The number of carboxylic acids is 2. The molecule has 1 amide bonds. The van der Waals surface area contributed by atoms with Gasteiger partial charge in [-0.3, -0.25) is 14.7 Å². The van der Waals surface area contributed by atoms with Crippen molar-refractivity contribution in [2.75, 3.05) is 19.6 Å². The summed E-state index contributed by atoms with van der Waals surface area (Å²) in [6.07, 6.45) is -10.2. The predicted octanol–water partition coefficient (Wildman–Crippen LogP) is 3.52. The molecule has 1 aromatic heterocycles. The van der Waals surface area contributed by atoms with E-state index in [0.29, 0.717) is 11.4 Å². The van der Waals surface area contributed by atoms with Crippen molar-refractivity contribution in [2.45, 2.75) is 30.2 Å². The van der Waals surface area contributed by atoms with Gasteiger partial charge in [0, 0.05) is 25.2 Å². The fourth-order valence-electron chi connectivity index (χ4n) is 3.51. The molecule has 0 saturated carbocycles. The van der Waals surface area contributed by atoms with E-state index >= 15 is 0 Å². The van der Waals surface area contributed by atoms with E-state index in [0.717, 1.165) is 5.56 Å². The van der Waals surface area contributed by atoms with Gasteiger partial charge in [0.2, 0.25) is 5.67 Å². The topological polar surface area (TPSA) is 120 Å². The number of hydrogen-bond acceptors (Lipinski definition) is 5. The van der Waals surface area contributed by atoms with Crippen LogP contribution in [-0.2, 0) is 20.9 Å². The molecule has 2 aliphatic heterocycles. The van der Waals surface area contributed by atoms with Crippen LogP contribution in [0.25, 0.3) is 11.3 Å². The quantitative estimate of drug-likeness (QED) is 0.480. The van der Waals surface area contributed by atoms with Crippen molar-refractivity contribution in [3.63, 3.8) is 0 Å². The highest BCUT2D eigenvalue weighted by molar-refractivity contribution is 5.90. The average molecular weight is 575 g/mol. The number of aliphatic carboxylic acids is 2. The van der Waals surface area contributed by atoms with E-state index < -0.39 is 41.5 Å². The summed E-state index contributed by atoms with van der Waals surface area (Å²) in [6.45, 7) is -0.524. The molecule has 0 spiro atoms. The number of alkyl halides is 8. The number of amides is 1. The number of fused-ring (bicyclic) bond motifs is 1. The lowest BCUT2D eigenvalue weighted by molar-refractivity contribution is -0.193. The van der Waals surface area contributed by atoms with Gasteiger partial charge >= 0.3 is 24.3 Å². The Bertz CT molecular complexity index is 1180. The van der Waals surface area contributed by atoms with Crippen LogP contribution in [-0.4, -0.2) is 81.3 Å². The molecule has 39 heavy (non-hydrogen) atoms. The number of benzene rings is 1. The second-order valence-electron chi connectivity index (χ2n) is 8.22. The first kappa shape index (κ1) is 31.3.